The minimum atomic E-state index is -0.961. The molecule has 2 aromatic rings. The van der Waals surface area contributed by atoms with Crippen LogP contribution in [0.2, 0.25) is 5.02 Å². The first-order valence-corrected chi connectivity index (χ1v) is 7.71. The summed E-state index contributed by atoms with van der Waals surface area (Å²) < 4.78 is 28.8. The summed E-state index contributed by atoms with van der Waals surface area (Å²) in [6.45, 7) is -0.546. The van der Waals surface area contributed by atoms with Gasteiger partial charge in [0.05, 0.1) is 10.7 Å². The molecule has 0 aliphatic carbocycles. The van der Waals surface area contributed by atoms with Crippen LogP contribution >= 0.6 is 11.6 Å². The average molecular weight is 366 g/mol. The Hall–Kier alpha value is -2.80. The summed E-state index contributed by atoms with van der Waals surface area (Å²) in [6.07, 6.45) is -0.961. The van der Waals surface area contributed by atoms with Gasteiger partial charge in [0.25, 0.3) is 5.91 Å². The van der Waals surface area contributed by atoms with E-state index in [4.69, 9.17) is 25.8 Å². The number of hydrogen-bond acceptors (Lipinski definition) is 5. The van der Waals surface area contributed by atoms with E-state index in [0.717, 1.165) is 12.1 Å². The van der Waals surface area contributed by atoms with Crippen LogP contribution in [0.3, 0.4) is 0 Å². The number of carbonyl (C=O) groups excluding carboxylic acids is 2. The summed E-state index contributed by atoms with van der Waals surface area (Å²) in [4.78, 5) is 23.8. The lowest BCUT2D eigenvalue weighted by Crippen LogP contribution is -2.39. The number of ether oxygens (including phenoxy) is 3. The van der Waals surface area contributed by atoms with Crippen molar-refractivity contribution in [2.24, 2.45) is 0 Å². The first-order valence-electron chi connectivity index (χ1n) is 7.33. The fourth-order valence-corrected chi connectivity index (χ4v) is 2.36. The number of hydrogen-bond donors (Lipinski definition) is 1. The zero-order chi connectivity index (χ0) is 17.8. The van der Waals surface area contributed by atoms with Crippen molar-refractivity contribution in [2.75, 3.05) is 18.5 Å². The van der Waals surface area contributed by atoms with Gasteiger partial charge in [0.1, 0.15) is 12.4 Å². The average Bonchev–Trinajstić information content (AvgIpc) is 2.61. The van der Waals surface area contributed by atoms with Gasteiger partial charge in [-0.1, -0.05) is 23.7 Å². The second-order valence-corrected chi connectivity index (χ2v) is 5.55. The quantitative estimate of drug-likeness (QED) is 0.843. The molecular weight excluding hydrogens is 353 g/mol. The third kappa shape index (κ3) is 4.19. The Balaban J connectivity index is 1.51. The molecule has 1 atom stereocenters. The maximum atomic E-state index is 13.0. The van der Waals surface area contributed by atoms with Crippen LogP contribution in [0.15, 0.2) is 42.5 Å². The van der Waals surface area contributed by atoms with Crippen LogP contribution in [0.5, 0.6) is 11.5 Å². The minimum Gasteiger partial charge on any atom is -0.485 e. The number of carbonyl (C=O) groups is 2. The molecule has 1 aliphatic rings. The standard InChI is InChI=1S/C17H13ClFNO5/c18-11-7-10(19)5-6-12(11)20-16(21)9-24-17(22)15-8-23-13-3-1-2-4-14(13)25-15/h1-7,15H,8-9H2,(H,20,21)/t15-/m0/s1. The lowest BCUT2D eigenvalue weighted by Gasteiger charge is -2.24. The molecule has 1 aliphatic heterocycles. The van der Waals surface area contributed by atoms with Gasteiger partial charge in [-0.05, 0) is 30.3 Å². The summed E-state index contributed by atoms with van der Waals surface area (Å²) in [6, 6.07) is 10.4. The van der Waals surface area contributed by atoms with Gasteiger partial charge in [0.2, 0.25) is 6.10 Å². The molecule has 0 saturated heterocycles. The van der Waals surface area contributed by atoms with E-state index in [1.54, 1.807) is 24.3 Å². The van der Waals surface area contributed by atoms with Crippen molar-refractivity contribution < 1.29 is 28.2 Å². The molecule has 1 N–H and O–H groups in total. The van der Waals surface area contributed by atoms with Gasteiger partial charge < -0.3 is 19.5 Å². The number of rotatable bonds is 4. The maximum Gasteiger partial charge on any atom is 0.351 e. The Labute approximate surface area is 147 Å². The van der Waals surface area contributed by atoms with Crippen molar-refractivity contribution in [1.82, 2.24) is 0 Å². The number of para-hydroxylation sites is 2. The molecule has 3 rings (SSSR count). The minimum absolute atomic E-state index is 0.0126. The van der Waals surface area contributed by atoms with Gasteiger partial charge in [-0.25, -0.2) is 9.18 Å². The van der Waals surface area contributed by atoms with Crippen molar-refractivity contribution in [1.29, 1.82) is 0 Å². The molecule has 0 fully saturated rings. The summed E-state index contributed by atoms with van der Waals surface area (Å²) in [7, 11) is 0. The van der Waals surface area contributed by atoms with Gasteiger partial charge in [-0.15, -0.1) is 0 Å². The van der Waals surface area contributed by atoms with E-state index in [1.807, 2.05) is 0 Å². The van der Waals surface area contributed by atoms with Crippen molar-refractivity contribution in [3.63, 3.8) is 0 Å². The maximum absolute atomic E-state index is 13.0. The molecule has 8 heteroatoms. The molecule has 2 aromatic carbocycles. The zero-order valence-corrected chi connectivity index (χ0v) is 13.6. The van der Waals surface area contributed by atoms with E-state index in [9.17, 15) is 14.0 Å². The van der Waals surface area contributed by atoms with Crippen LogP contribution in [0.1, 0.15) is 0 Å². The fourth-order valence-electron chi connectivity index (χ4n) is 2.14. The molecule has 0 unspecified atom stereocenters. The Kier molecular flexibility index (Phi) is 5.04. The van der Waals surface area contributed by atoms with Crippen LogP contribution in [0.25, 0.3) is 0 Å². The highest BCUT2D eigenvalue weighted by Crippen LogP contribution is 2.31. The van der Waals surface area contributed by atoms with Crippen LogP contribution in [0.4, 0.5) is 10.1 Å². The van der Waals surface area contributed by atoms with Crippen molar-refractivity contribution in [3.8, 4) is 11.5 Å². The fraction of sp³-hybridized carbons (Fsp3) is 0.176. The number of fused-ring (bicyclic) bond motifs is 1. The monoisotopic (exact) mass is 365 g/mol. The van der Waals surface area contributed by atoms with E-state index >= 15 is 0 Å². The third-order valence-corrected chi connectivity index (χ3v) is 3.63. The molecule has 6 nitrogen and oxygen atoms in total. The summed E-state index contributed by atoms with van der Waals surface area (Å²) in [5, 5.41) is 2.47. The smallest absolute Gasteiger partial charge is 0.351 e. The van der Waals surface area contributed by atoms with Crippen LogP contribution in [-0.2, 0) is 14.3 Å². The number of halogens is 2. The van der Waals surface area contributed by atoms with E-state index in [-0.39, 0.29) is 17.3 Å². The molecule has 0 radical (unpaired) electrons. The number of anilines is 1. The predicted molar refractivity (Wildman–Crippen MR) is 87.4 cm³/mol. The molecular formula is C17H13ClFNO5. The van der Waals surface area contributed by atoms with E-state index < -0.39 is 30.4 Å². The summed E-state index contributed by atoms with van der Waals surface area (Å²) in [5.41, 5.74) is 0.218. The first kappa shape index (κ1) is 17.0. The topological polar surface area (TPSA) is 73.9 Å². The molecule has 0 spiro atoms. The van der Waals surface area contributed by atoms with E-state index in [1.165, 1.54) is 6.07 Å². The summed E-state index contributed by atoms with van der Waals surface area (Å²) in [5.74, 6) is -0.897. The van der Waals surface area contributed by atoms with Gasteiger partial charge in [-0.2, -0.15) is 0 Å². The molecule has 1 amide bonds. The molecule has 130 valence electrons. The molecule has 0 saturated carbocycles. The number of benzene rings is 2. The molecule has 0 bridgehead atoms. The Morgan fingerprint density at radius 3 is 2.76 bits per heavy atom. The Morgan fingerprint density at radius 1 is 1.24 bits per heavy atom. The second-order valence-electron chi connectivity index (χ2n) is 5.14. The van der Waals surface area contributed by atoms with Crippen molar-refractivity contribution in [3.05, 3.63) is 53.3 Å². The van der Waals surface area contributed by atoms with Gasteiger partial charge in [0.15, 0.2) is 18.1 Å². The number of amides is 1. The van der Waals surface area contributed by atoms with Crippen molar-refractivity contribution in [2.45, 2.75) is 6.10 Å². The Bertz CT molecular complexity index is 813. The first-order chi connectivity index (χ1) is 12.0. The molecule has 1 heterocycles. The lowest BCUT2D eigenvalue weighted by molar-refractivity contribution is -0.156. The van der Waals surface area contributed by atoms with Crippen LogP contribution in [0, 0.1) is 5.82 Å². The van der Waals surface area contributed by atoms with Gasteiger partial charge in [0, 0.05) is 0 Å². The predicted octanol–water partition coefficient (Wildman–Crippen LogP) is 2.80. The third-order valence-electron chi connectivity index (χ3n) is 3.32. The Morgan fingerprint density at radius 2 is 2.00 bits per heavy atom. The number of nitrogens with one attached hydrogen (secondary N) is 1. The SMILES string of the molecule is O=C(COC(=O)[C@@H]1COc2ccccc2O1)Nc1ccc(F)cc1Cl. The number of esters is 1. The highest BCUT2D eigenvalue weighted by atomic mass is 35.5. The van der Waals surface area contributed by atoms with Gasteiger partial charge in [-0.3, -0.25) is 4.79 Å². The van der Waals surface area contributed by atoms with Crippen LogP contribution < -0.4 is 14.8 Å². The van der Waals surface area contributed by atoms with E-state index in [0.29, 0.717) is 11.5 Å². The van der Waals surface area contributed by atoms with Gasteiger partial charge >= 0.3 is 5.97 Å². The summed E-state index contributed by atoms with van der Waals surface area (Å²) >= 11 is 5.81. The van der Waals surface area contributed by atoms with Crippen molar-refractivity contribution >= 4 is 29.2 Å². The van der Waals surface area contributed by atoms with E-state index in [2.05, 4.69) is 5.32 Å². The van der Waals surface area contributed by atoms with Crippen LogP contribution in [-0.4, -0.2) is 31.2 Å². The largest absolute Gasteiger partial charge is 0.485 e. The zero-order valence-electron chi connectivity index (χ0n) is 12.8. The normalized spacial score (nSPS) is 15.4. The second kappa shape index (κ2) is 7.40. The lowest BCUT2D eigenvalue weighted by atomic mass is 10.2. The highest BCUT2D eigenvalue weighted by Gasteiger charge is 2.29. The molecule has 0 aromatic heterocycles. The molecule has 25 heavy (non-hydrogen) atoms. The highest BCUT2D eigenvalue weighted by molar-refractivity contribution is 6.33.